The van der Waals surface area contributed by atoms with Crippen LogP contribution >= 0.6 is 0 Å². The number of hydrogen-bond donors (Lipinski definition) is 1. The summed E-state index contributed by atoms with van der Waals surface area (Å²) in [6.07, 6.45) is 1.54. The molecule has 6 rings (SSSR count). The van der Waals surface area contributed by atoms with Gasteiger partial charge in [-0.05, 0) is 35.4 Å². The molecule has 4 aromatic rings. The van der Waals surface area contributed by atoms with E-state index in [1.165, 1.54) is 6.20 Å². The molecular weight excluding hydrogens is 498 g/mol. The van der Waals surface area contributed by atoms with Gasteiger partial charge in [0.25, 0.3) is 11.8 Å². The normalized spacial score (nSPS) is 15.4. The highest BCUT2D eigenvalue weighted by molar-refractivity contribution is 6.35. The number of amides is 2. The highest BCUT2D eigenvalue weighted by Crippen LogP contribution is 2.35. The molecule has 2 aliphatic heterocycles. The van der Waals surface area contributed by atoms with Gasteiger partial charge in [0.15, 0.2) is 0 Å². The fourth-order valence-electron chi connectivity index (χ4n) is 4.83. The lowest BCUT2D eigenvalue weighted by Gasteiger charge is -2.26. The lowest BCUT2D eigenvalue weighted by Crippen LogP contribution is -2.38. The number of anilines is 1. The topological polar surface area (TPSA) is 118 Å². The number of morpholine rings is 1. The summed E-state index contributed by atoms with van der Waals surface area (Å²) < 4.78 is 11.0. The first kappa shape index (κ1) is 24.7. The minimum Gasteiger partial charge on any atom is -0.461 e. The van der Waals surface area contributed by atoms with Gasteiger partial charge < -0.3 is 9.47 Å². The molecule has 0 atom stereocenters. The average Bonchev–Trinajstić information content (AvgIpc) is 3.60. The highest BCUT2D eigenvalue weighted by atomic mass is 16.5. The molecule has 1 N–H and O–H groups in total. The number of hydrogen-bond acceptors (Lipinski definition) is 8. The summed E-state index contributed by atoms with van der Waals surface area (Å²) in [5, 5.41) is 10.4. The molecule has 39 heavy (non-hydrogen) atoms. The monoisotopic (exact) mass is 523 g/mol. The number of rotatable bonds is 7. The van der Waals surface area contributed by atoms with Gasteiger partial charge in [0.1, 0.15) is 12.3 Å². The second-order valence-corrected chi connectivity index (χ2v) is 9.25. The average molecular weight is 524 g/mol. The first-order chi connectivity index (χ1) is 19.1. The van der Waals surface area contributed by atoms with Crippen LogP contribution in [0.2, 0.25) is 0 Å². The Bertz CT molecular complexity index is 1530. The summed E-state index contributed by atoms with van der Waals surface area (Å²) in [6.45, 7) is 3.61. The van der Waals surface area contributed by atoms with Gasteiger partial charge in [0.05, 0.1) is 41.8 Å². The summed E-state index contributed by atoms with van der Waals surface area (Å²) in [5.41, 5.74) is 3.65. The third kappa shape index (κ3) is 4.83. The Morgan fingerprint density at radius 2 is 1.67 bits per heavy atom. The number of fused-ring (bicyclic) bond motifs is 1. The SMILES string of the molecule is O=C(OCCN1CCOCC1)c1ccc(-c2ccccc2)cc1N1C(=O)c2ccc(-c3cn[nH]n3)cc2C1=O. The van der Waals surface area contributed by atoms with Gasteiger partial charge in [-0.1, -0.05) is 42.5 Å². The van der Waals surface area contributed by atoms with Crippen molar-refractivity contribution in [1.29, 1.82) is 0 Å². The van der Waals surface area contributed by atoms with E-state index in [-0.39, 0.29) is 29.0 Å². The van der Waals surface area contributed by atoms with Crippen LogP contribution in [-0.4, -0.2) is 77.5 Å². The Morgan fingerprint density at radius 3 is 2.44 bits per heavy atom. The van der Waals surface area contributed by atoms with Crippen LogP contribution in [0, 0.1) is 0 Å². The Morgan fingerprint density at radius 1 is 0.897 bits per heavy atom. The summed E-state index contributed by atoms with van der Waals surface area (Å²) in [4.78, 5) is 43.7. The Kier molecular flexibility index (Phi) is 6.70. The molecule has 2 amide bonds. The molecule has 0 unspecified atom stereocenters. The summed E-state index contributed by atoms with van der Waals surface area (Å²) >= 11 is 0. The van der Waals surface area contributed by atoms with Crippen molar-refractivity contribution in [3.05, 3.63) is 89.6 Å². The Balaban J connectivity index is 1.33. The number of esters is 1. The first-order valence-corrected chi connectivity index (χ1v) is 12.7. The van der Waals surface area contributed by atoms with Crippen LogP contribution in [0.25, 0.3) is 22.4 Å². The van der Waals surface area contributed by atoms with E-state index < -0.39 is 17.8 Å². The second-order valence-electron chi connectivity index (χ2n) is 9.25. The lowest BCUT2D eigenvalue weighted by atomic mass is 10.0. The number of aromatic amines is 1. The van der Waals surface area contributed by atoms with Crippen LogP contribution < -0.4 is 4.90 Å². The lowest BCUT2D eigenvalue weighted by molar-refractivity contribution is 0.0196. The van der Waals surface area contributed by atoms with Gasteiger partial charge in [-0.25, -0.2) is 9.69 Å². The van der Waals surface area contributed by atoms with E-state index >= 15 is 0 Å². The van der Waals surface area contributed by atoms with E-state index in [1.54, 1.807) is 36.4 Å². The van der Waals surface area contributed by atoms with Gasteiger partial charge in [-0.2, -0.15) is 15.4 Å². The summed E-state index contributed by atoms with van der Waals surface area (Å²) in [7, 11) is 0. The maximum atomic E-state index is 13.7. The molecule has 0 radical (unpaired) electrons. The fraction of sp³-hybridized carbons (Fsp3) is 0.207. The van der Waals surface area contributed by atoms with Crippen molar-refractivity contribution in [3.8, 4) is 22.4 Å². The number of benzene rings is 3. The number of nitrogens with one attached hydrogen (secondary N) is 1. The van der Waals surface area contributed by atoms with Crippen LogP contribution in [0.1, 0.15) is 31.1 Å². The zero-order valence-electron chi connectivity index (χ0n) is 21.0. The quantitative estimate of drug-likeness (QED) is 0.289. The highest BCUT2D eigenvalue weighted by Gasteiger charge is 2.39. The van der Waals surface area contributed by atoms with Crippen molar-refractivity contribution >= 4 is 23.5 Å². The van der Waals surface area contributed by atoms with E-state index in [0.717, 1.165) is 29.1 Å². The number of nitrogens with zero attached hydrogens (tertiary/aromatic N) is 4. The summed E-state index contributed by atoms with van der Waals surface area (Å²) in [6, 6.07) is 19.6. The third-order valence-electron chi connectivity index (χ3n) is 6.91. The van der Waals surface area contributed by atoms with E-state index in [4.69, 9.17) is 9.47 Å². The third-order valence-corrected chi connectivity index (χ3v) is 6.91. The maximum Gasteiger partial charge on any atom is 0.340 e. The van der Waals surface area contributed by atoms with Crippen molar-refractivity contribution in [3.63, 3.8) is 0 Å². The standard InChI is InChI=1S/C29H25N5O5/c35-27-22-8-7-21(25-18-30-32-31-25)16-24(22)28(36)34(27)26-17-20(19-4-2-1-3-5-19)6-9-23(26)29(37)39-15-12-33-10-13-38-14-11-33/h1-9,16-18H,10-15H2,(H,30,31,32). The Labute approximate surface area is 224 Å². The molecule has 2 aliphatic rings. The zero-order valence-corrected chi connectivity index (χ0v) is 21.0. The molecule has 3 heterocycles. The largest absolute Gasteiger partial charge is 0.461 e. The van der Waals surface area contributed by atoms with Crippen molar-refractivity contribution in [2.75, 3.05) is 44.4 Å². The van der Waals surface area contributed by atoms with E-state index in [2.05, 4.69) is 20.3 Å². The van der Waals surface area contributed by atoms with Gasteiger partial charge in [0.2, 0.25) is 0 Å². The van der Waals surface area contributed by atoms with Gasteiger partial charge in [-0.3, -0.25) is 14.5 Å². The van der Waals surface area contributed by atoms with Crippen molar-refractivity contribution < 1.29 is 23.9 Å². The number of carbonyl (C=O) groups is 3. The van der Waals surface area contributed by atoms with Gasteiger partial charge >= 0.3 is 5.97 Å². The van der Waals surface area contributed by atoms with Crippen LogP contribution in [0.15, 0.2) is 72.9 Å². The number of aromatic nitrogens is 3. The molecule has 196 valence electrons. The molecule has 0 spiro atoms. The summed E-state index contributed by atoms with van der Waals surface area (Å²) in [5.74, 6) is -1.63. The molecule has 1 fully saturated rings. The molecule has 1 aromatic heterocycles. The number of imide groups is 1. The molecule has 0 aliphatic carbocycles. The number of ether oxygens (including phenoxy) is 2. The molecular formula is C29H25N5O5. The van der Waals surface area contributed by atoms with Crippen molar-refractivity contribution in [1.82, 2.24) is 20.3 Å². The smallest absolute Gasteiger partial charge is 0.340 e. The zero-order chi connectivity index (χ0) is 26.8. The van der Waals surface area contributed by atoms with Crippen LogP contribution in [-0.2, 0) is 9.47 Å². The predicted octanol–water partition coefficient (Wildman–Crippen LogP) is 3.43. The molecule has 1 saturated heterocycles. The van der Waals surface area contributed by atoms with Crippen molar-refractivity contribution in [2.24, 2.45) is 0 Å². The van der Waals surface area contributed by atoms with E-state index in [9.17, 15) is 14.4 Å². The van der Waals surface area contributed by atoms with Crippen LogP contribution in [0.5, 0.6) is 0 Å². The maximum absolute atomic E-state index is 13.7. The second kappa shape index (κ2) is 10.6. The number of H-pyrrole nitrogens is 1. The predicted molar refractivity (Wildman–Crippen MR) is 142 cm³/mol. The van der Waals surface area contributed by atoms with E-state index in [1.807, 2.05) is 30.3 Å². The Hall–Kier alpha value is -4.67. The van der Waals surface area contributed by atoms with Gasteiger partial charge in [0, 0.05) is 25.2 Å². The first-order valence-electron chi connectivity index (χ1n) is 12.7. The number of carbonyl (C=O) groups excluding carboxylic acids is 3. The molecule has 0 bridgehead atoms. The minimum absolute atomic E-state index is 0.142. The van der Waals surface area contributed by atoms with Crippen LogP contribution in [0.4, 0.5) is 5.69 Å². The molecule has 0 saturated carbocycles. The van der Waals surface area contributed by atoms with E-state index in [0.29, 0.717) is 31.0 Å². The molecule has 10 nitrogen and oxygen atoms in total. The molecule has 10 heteroatoms. The fourth-order valence-corrected chi connectivity index (χ4v) is 4.83. The molecule has 3 aromatic carbocycles. The van der Waals surface area contributed by atoms with Crippen LogP contribution in [0.3, 0.4) is 0 Å². The van der Waals surface area contributed by atoms with Crippen molar-refractivity contribution in [2.45, 2.75) is 0 Å². The van der Waals surface area contributed by atoms with Gasteiger partial charge in [-0.15, -0.1) is 0 Å². The minimum atomic E-state index is -0.599.